The molecule has 0 aliphatic heterocycles. The van der Waals surface area contributed by atoms with Gasteiger partial charge in [0.2, 0.25) is 0 Å². The van der Waals surface area contributed by atoms with Crippen LogP contribution >= 0.6 is 11.6 Å². The molecule has 0 aromatic carbocycles. The van der Waals surface area contributed by atoms with Gasteiger partial charge >= 0.3 is 0 Å². The van der Waals surface area contributed by atoms with Crippen LogP contribution in [0, 0.1) is 0 Å². The van der Waals surface area contributed by atoms with Crippen molar-refractivity contribution in [3.63, 3.8) is 0 Å². The zero-order valence-electron chi connectivity index (χ0n) is 7.84. The molecule has 0 radical (unpaired) electrons. The first-order valence-electron chi connectivity index (χ1n) is 3.96. The minimum atomic E-state index is 0.278. The molecular formula is C8H12ClN3O. The van der Waals surface area contributed by atoms with E-state index in [1.165, 1.54) is 13.4 Å². The van der Waals surface area contributed by atoms with Gasteiger partial charge < -0.3 is 10.1 Å². The largest absolute Gasteiger partial charge is 0.490 e. The van der Waals surface area contributed by atoms with Gasteiger partial charge in [-0.25, -0.2) is 9.97 Å². The van der Waals surface area contributed by atoms with Gasteiger partial charge in [0.1, 0.15) is 6.33 Å². The van der Waals surface area contributed by atoms with E-state index in [2.05, 4.69) is 15.3 Å². The van der Waals surface area contributed by atoms with Gasteiger partial charge in [0.25, 0.3) is 0 Å². The molecule has 5 heteroatoms. The Kier molecular flexibility index (Phi) is 3.31. The number of methoxy groups -OCH3 is 1. The Morgan fingerprint density at radius 2 is 2.15 bits per heavy atom. The molecular weight excluding hydrogens is 190 g/mol. The highest BCUT2D eigenvalue weighted by Crippen LogP contribution is 2.28. The maximum atomic E-state index is 5.80. The number of hydrogen-bond donors (Lipinski definition) is 1. The zero-order valence-corrected chi connectivity index (χ0v) is 8.59. The Balaban J connectivity index is 2.98. The highest BCUT2D eigenvalue weighted by molar-refractivity contribution is 6.31. The Morgan fingerprint density at radius 1 is 1.46 bits per heavy atom. The van der Waals surface area contributed by atoms with E-state index in [1.54, 1.807) is 0 Å². The average molecular weight is 202 g/mol. The maximum absolute atomic E-state index is 5.80. The van der Waals surface area contributed by atoms with Crippen molar-refractivity contribution in [1.82, 2.24) is 9.97 Å². The minimum absolute atomic E-state index is 0.278. The lowest BCUT2D eigenvalue weighted by atomic mass is 10.4. The van der Waals surface area contributed by atoms with E-state index in [9.17, 15) is 0 Å². The summed E-state index contributed by atoms with van der Waals surface area (Å²) in [6.07, 6.45) is 1.40. The standard InChI is InChI=1S/C8H12ClN3O/c1-5(2)12-8-6(13-3)7(9)10-4-11-8/h4-5H,1-3H3,(H,10,11,12). The van der Waals surface area contributed by atoms with Gasteiger partial charge in [-0.1, -0.05) is 11.6 Å². The second-order valence-electron chi connectivity index (χ2n) is 2.85. The molecule has 0 unspecified atom stereocenters. The van der Waals surface area contributed by atoms with E-state index in [0.717, 1.165) is 0 Å². The van der Waals surface area contributed by atoms with E-state index in [1.807, 2.05) is 13.8 Å². The number of halogens is 1. The number of rotatable bonds is 3. The summed E-state index contributed by atoms with van der Waals surface area (Å²) in [4.78, 5) is 7.83. The monoisotopic (exact) mass is 201 g/mol. The van der Waals surface area contributed by atoms with Crippen molar-refractivity contribution in [2.75, 3.05) is 12.4 Å². The number of aromatic nitrogens is 2. The fraction of sp³-hybridized carbons (Fsp3) is 0.500. The molecule has 0 saturated carbocycles. The third kappa shape index (κ3) is 2.45. The lowest BCUT2D eigenvalue weighted by Crippen LogP contribution is -2.12. The lowest BCUT2D eigenvalue weighted by Gasteiger charge is -2.12. The summed E-state index contributed by atoms with van der Waals surface area (Å²) >= 11 is 5.80. The van der Waals surface area contributed by atoms with Crippen molar-refractivity contribution in [3.05, 3.63) is 11.5 Å². The van der Waals surface area contributed by atoms with E-state index in [0.29, 0.717) is 16.7 Å². The van der Waals surface area contributed by atoms with Gasteiger partial charge in [-0.2, -0.15) is 0 Å². The molecule has 1 N–H and O–H groups in total. The number of anilines is 1. The lowest BCUT2D eigenvalue weighted by molar-refractivity contribution is 0.412. The summed E-state index contributed by atoms with van der Waals surface area (Å²) in [5.41, 5.74) is 0. The molecule has 0 saturated heterocycles. The van der Waals surface area contributed by atoms with Gasteiger partial charge in [0.05, 0.1) is 7.11 Å². The molecule has 1 aromatic rings. The van der Waals surface area contributed by atoms with Crippen LogP contribution in [-0.4, -0.2) is 23.1 Å². The van der Waals surface area contributed by atoms with Crippen molar-refractivity contribution in [1.29, 1.82) is 0 Å². The molecule has 0 spiro atoms. The van der Waals surface area contributed by atoms with Gasteiger partial charge in [-0.3, -0.25) is 0 Å². The van der Waals surface area contributed by atoms with Gasteiger partial charge in [-0.05, 0) is 13.8 Å². The quantitative estimate of drug-likeness (QED) is 0.760. The third-order valence-corrected chi connectivity index (χ3v) is 1.66. The predicted molar refractivity (Wildman–Crippen MR) is 52.4 cm³/mol. The van der Waals surface area contributed by atoms with Crippen LogP contribution in [0.2, 0.25) is 5.15 Å². The molecule has 4 nitrogen and oxygen atoms in total. The van der Waals surface area contributed by atoms with Crippen molar-refractivity contribution >= 4 is 17.4 Å². The zero-order chi connectivity index (χ0) is 9.84. The first-order chi connectivity index (χ1) is 6.15. The average Bonchev–Trinajstić information content (AvgIpc) is 2.03. The SMILES string of the molecule is COc1c(Cl)ncnc1NC(C)C. The van der Waals surface area contributed by atoms with Crippen molar-refractivity contribution in [2.45, 2.75) is 19.9 Å². The second kappa shape index (κ2) is 4.28. The Morgan fingerprint density at radius 3 is 2.69 bits per heavy atom. The van der Waals surface area contributed by atoms with Crippen LogP contribution in [0.4, 0.5) is 5.82 Å². The van der Waals surface area contributed by atoms with Crippen LogP contribution in [0.15, 0.2) is 6.33 Å². The normalized spacial score (nSPS) is 10.2. The highest BCUT2D eigenvalue weighted by Gasteiger charge is 2.10. The molecule has 0 fully saturated rings. The van der Waals surface area contributed by atoms with Crippen molar-refractivity contribution < 1.29 is 4.74 Å². The van der Waals surface area contributed by atoms with Crippen LogP contribution in [0.3, 0.4) is 0 Å². The Hall–Kier alpha value is -1.03. The van der Waals surface area contributed by atoms with E-state index >= 15 is 0 Å². The van der Waals surface area contributed by atoms with Crippen LogP contribution < -0.4 is 10.1 Å². The molecule has 13 heavy (non-hydrogen) atoms. The maximum Gasteiger partial charge on any atom is 0.198 e. The minimum Gasteiger partial charge on any atom is -0.490 e. The first-order valence-corrected chi connectivity index (χ1v) is 4.34. The number of nitrogens with zero attached hydrogens (tertiary/aromatic N) is 2. The topological polar surface area (TPSA) is 47.0 Å². The molecule has 1 rings (SSSR count). The summed E-state index contributed by atoms with van der Waals surface area (Å²) in [6, 6.07) is 0.278. The van der Waals surface area contributed by atoms with Crippen molar-refractivity contribution in [3.8, 4) is 5.75 Å². The molecule has 1 heterocycles. The molecule has 0 aliphatic carbocycles. The van der Waals surface area contributed by atoms with Crippen LogP contribution in [0.1, 0.15) is 13.8 Å². The predicted octanol–water partition coefficient (Wildman–Crippen LogP) is 1.96. The number of hydrogen-bond acceptors (Lipinski definition) is 4. The Labute approximate surface area is 82.3 Å². The Bertz CT molecular complexity index is 291. The number of nitrogens with one attached hydrogen (secondary N) is 1. The van der Waals surface area contributed by atoms with Crippen LogP contribution in [0.5, 0.6) is 5.75 Å². The molecule has 0 bridgehead atoms. The molecule has 0 atom stereocenters. The van der Waals surface area contributed by atoms with Gasteiger partial charge in [-0.15, -0.1) is 0 Å². The van der Waals surface area contributed by atoms with Crippen LogP contribution in [0.25, 0.3) is 0 Å². The van der Waals surface area contributed by atoms with Crippen molar-refractivity contribution in [2.24, 2.45) is 0 Å². The molecule has 0 amide bonds. The van der Waals surface area contributed by atoms with E-state index in [4.69, 9.17) is 16.3 Å². The summed E-state index contributed by atoms with van der Waals surface area (Å²) in [5, 5.41) is 3.42. The van der Waals surface area contributed by atoms with Crippen LogP contribution in [-0.2, 0) is 0 Å². The summed E-state index contributed by atoms with van der Waals surface area (Å²) in [5.74, 6) is 1.11. The molecule has 72 valence electrons. The van der Waals surface area contributed by atoms with E-state index < -0.39 is 0 Å². The summed E-state index contributed by atoms with van der Waals surface area (Å²) < 4.78 is 5.06. The summed E-state index contributed by atoms with van der Waals surface area (Å²) in [7, 11) is 1.54. The molecule has 0 aliphatic rings. The highest BCUT2D eigenvalue weighted by atomic mass is 35.5. The summed E-state index contributed by atoms with van der Waals surface area (Å²) in [6.45, 7) is 4.02. The fourth-order valence-electron chi connectivity index (χ4n) is 0.909. The smallest absolute Gasteiger partial charge is 0.198 e. The second-order valence-corrected chi connectivity index (χ2v) is 3.20. The third-order valence-electron chi connectivity index (χ3n) is 1.39. The van der Waals surface area contributed by atoms with E-state index in [-0.39, 0.29) is 6.04 Å². The van der Waals surface area contributed by atoms with Gasteiger partial charge in [0, 0.05) is 6.04 Å². The fourth-order valence-corrected chi connectivity index (χ4v) is 1.12. The molecule has 1 aromatic heterocycles. The number of ether oxygens (including phenoxy) is 1. The van der Waals surface area contributed by atoms with Gasteiger partial charge in [0.15, 0.2) is 16.7 Å². The first kappa shape index (κ1) is 10.1.